The zero-order valence-corrected chi connectivity index (χ0v) is 14.7. The highest BCUT2D eigenvalue weighted by atomic mass is 35.5. The first-order chi connectivity index (χ1) is 11.8. The van der Waals surface area contributed by atoms with Gasteiger partial charge in [0.2, 0.25) is 0 Å². The van der Waals surface area contributed by atoms with Crippen LogP contribution in [0.1, 0.15) is 22.8 Å². The van der Waals surface area contributed by atoms with Gasteiger partial charge in [-0.25, -0.2) is 9.18 Å². The molecular weight excluding hydrogens is 349 g/mol. The summed E-state index contributed by atoms with van der Waals surface area (Å²) >= 11 is 6.02. The van der Waals surface area contributed by atoms with Gasteiger partial charge in [0, 0.05) is 11.1 Å². The maximum absolute atomic E-state index is 13.6. The highest BCUT2D eigenvalue weighted by molar-refractivity contribution is 6.31. The molecule has 0 fully saturated rings. The van der Waals surface area contributed by atoms with Gasteiger partial charge in [-0.05, 0) is 37.6 Å². The van der Waals surface area contributed by atoms with Crippen LogP contribution < -0.4 is 10.1 Å². The van der Waals surface area contributed by atoms with E-state index >= 15 is 0 Å². The van der Waals surface area contributed by atoms with E-state index in [2.05, 4.69) is 5.32 Å². The van der Waals surface area contributed by atoms with Gasteiger partial charge >= 0.3 is 5.97 Å². The Bertz CT molecular complexity index is 810. The number of nitrogens with one attached hydrogen (secondary N) is 1. The van der Waals surface area contributed by atoms with Crippen LogP contribution in [-0.4, -0.2) is 25.1 Å². The van der Waals surface area contributed by atoms with Crippen LogP contribution in [0.2, 0.25) is 5.02 Å². The summed E-state index contributed by atoms with van der Waals surface area (Å²) in [4.78, 5) is 24.2. The van der Waals surface area contributed by atoms with Crippen molar-refractivity contribution < 1.29 is 23.5 Å². The van der Waals surface area contributed by atoms with Crippen molar-refractivity contribution in [1.29, 1.82) is 0 Å². The predicted octanol–water partition coefficient (Wildman–Crippen LogP) is 3.98. The lowest BCUT2D eigenvalue weighted by molar-refractivity contribution is -0.123. The minimum Gasteiger partial charge on any atom is -0.495 e. The van der Waals surface area contributed by atoms with Gasteiger partial charge < -0.3 is 14.8 Å². The van der Waals surface area contributed by atoms with E-state index in [4.69, 9.17) is 21.1 Å². The summed E-state index contributed by atoms with van der Waals surface area (Å²) in [5, 5.41) is 3.10. The number of halogens is 2. The van der Waals surface area contributed by atoms with Gasteiger partial charge in [-0.15, -0.1) is 0 Å². The zero-order chi connectivity index (χ0) is 18.6. The number of ether oxygens (including phenoxy) is 2. The number of carbonyl (C=O) groups is 2. The lowest BCUT2D eigenvalue weighted by Crippen LogP contribution is -2.30. The minimum atomic E-state index is -1.13. The van der Waals surface area contributed by atoms with Crippen molar-refractivity contribution in [3.8, 4) is 5.75 Å². The Morgan fingerprint density at radius 2 is 1.92 bits per heavy atom. The molecule has 0 aliphatic heterocycles. The fourth-order valence-electron chi connectivity index (χ4n) is 2.07. The first kappa shape index (κ1) is 18.7. The van der Waals surface area contributed by atoms with Crippen LogP contribution in [0.5, 0.6) is 5.75 Å². The normalized spacial score (nSPS) is 11.6. The largest absolute Gasteiger partial charge is 0.495 e. The molecule has 0 aromatic heterocycles. The fraction of sp³-hybridized carbons (Fsp3) is 0.222. The average Bonchev–Trinajstić information content (AvgIpc) is 2.58. The standard InChI is InChI=1S/C18H17ClFNO4/c1-10-8-15(16(24-3)9-13(10)19)21-17(22)11(2)25-18(23)12-6-4-5-7-14(12)20/h4-9,11H,1-3H3,(H,21,22)/t11-/m1/s1. The Morgan fingerprint density at radius 3 is 2.56 bits per heavy atom. The highest BCUT2D eigenvalue weighted by Crippen LogP contribution is 2.31. The quantitative estimate of drug-likeness (QED) is 0.814. The first-order valence-corrected chi connectivity index (χ1v) is 7.81. The van der Waals surface area contributed by atoms with Crippen LogP contribution in [0.25, 0.3) is 0 Å². The number of anilines is 1. The van der Waals surface area contributed by atoms with Gasteiger partial charge in [-0.3, -0.25) is 4.79 Å². The lowest BCUT2D eigenvalue weighted by Gasteiger charge is -2.16. The SMILES string of the molecule is COc1cc(Cl)c(C)cc1NC(=O)[C@@H](C)OC(=O)c1ccccc1F. The summed E-state index contributed by atoms with van der Waals surface area (Å²) in [5.74, 6) is -1.84. The topological polar surface area (TPSA) is 64.6 Å². The number of hydrogen-bond donors (Lipinski definition) is 1. The van der Waals surface area contributed by atoms with E-state index in [9.17, 15) is 14.0 Å². The molecular formula is C18H17ClFNO4. The molecule has 0 unspecified atom stereocenters. The van der Waals surface area contributed by atoms with Gasteiger partial charge in [0.05, 0.1) is 18.4 Å². The molecule has 25 heavy (non-hydrogen) atoms. The van der Waals surface area contributed by atoms with Gasteiger partial charge in [0.25, 0.3) is 5.91 Å². The number of rotatable bonds is 5. The van der Waals surface area contributed by atoms with Gasteiger partial charge in [-0.2, -0.15) is 0 Å². The molecule has 0 radical (unpaired) electrons. The number of hydrogen-bond acceptors (Lipinski definition) is 4. The summed E-state index contributed by atoms with van der Waals surface area (Å²) in [6.45, 7) is 3.17. The molecule has 1 amide bonds. The molecule has 1 N–H and O–H groups in total. The van der Waals surface area contributed by atoms with Crippen LogP contribution in [0.15, 0.2) is 36.4 Å². The molecule has 132 valence electrons. The molecule has 2 rings (SSSR count). The van der Waals surface area contributed by atoms with Crippen molar-refractivity contribution in [1.82, 2.24) is 0 Å². The fourth-order valence-corrected chi connectivity index (χ4v) is 2.22. The molecule has 0 saturated carbocycles. The highest BCUT2D eigenvalue weighted by Gasteiger charge is 2.22. The van der Waals surface area contributed by atoms with Crippen molar-refractivity contribution in [3.05, 3.63) is 58.4 Å². The first-order valence-electron chi connectivity index (χ1n) is 7.44. The smallest absolute Gasteiger partial charge is 0.341 e. The van der Waals surface area contributed by atoms with E-state index in [1.54, 1.807) is 19.1 Å². The Kier molecular flexibility index (Phi) is 5.98. The summed E-state index contributed by atoms with van der Waals surface area (Å²) in [5.41, 5.74) is 0.902. The number of carbonyl (C=O) groups excluding carboxylic acids is 2. The van der Waals surface area contributed by atoms with Crippen LogP contribution in [0, 0.1) is 12.7 Å². The number of methoxy groups -OCH3 is 1. The molecule has 0 heterocycles. The van der Waals surface area contributed by atoms with Crippen molar-refractivity contribution in [3.63, 3.8) is 0 Å². The van der Waals surface area contributed by atoms with Crippen molar-refractivity contribution >= 4 is 29.2 Å². The summed E-state index contributed by atoms with van der Waals surface area (Å²) in [6, 6.07) is 8.60. The van der Waals surface area contributed by atoms with Gasteiger partial charge in [-0.1, -0.05) is 23.7 Å². The molecule has 1 atom stereocenters. The molecule has 5 nitrogen and oxygen atoms in total. The van der Waals surface area contributed by atoms with E-state index in [-0.39, 0.29) is 5.56 Å². The second kappa shape index (κ2) is 7.98. The number of amides is 1. The van der Waals surface area contributed by atoms with Gasteiger partial charge in [0.1, 0.15) is 11.6 Å². The third-order valence-electron chi connectivity index (χ3n) is 3.49. The van der Waals surface area contributed by atoms with Crippen molar-refractivity contribution in [2.75, 3.05) is 12.4 Å². The van der Waals surface area contributed by atoms with Crippen LogP contribution in [-0.2, 0) is 9.53 Å². The maximum Gasteiger partial charge on any atom is 0.341 e. The molecule has 0 saturated heterocycles. The molecule has 0 aliphatic rings. The minimum absolute atomic E-state index is 0.234. The zero-order valence-electron chi connectivity index (χ0n) is 13.9. The van der Waals surface area contributed by atoms with Crippen LogP contribution in [0.3, 0.4) is 0 Å². The number of benzene rings is 2. The van der Waals surface area contributed by atoms with E-state index < -0.39 is 23.8 Å². The molecule has 2 aromatic carbocycles. The van der Waals surface area contributed by atoms with Crippen molar-refractivity contribution in [2.45, 2.75) is 20.0 Å². The molecule has 2 aromatic rings. The summed E-state index contributed by atoms with van der Waals surface area (Å²) in [6.07, 6.45) is -1.13. The van der Waals surface area contributed by atoms with Gasteiger partial charge in [0.15, 0.2) is 6.10 Å². The predicted molar refractivity (Wildman–Crippen MR) is 92.6 cm³/mol. The Balaban J connectivity index is 2.10. The lowest BCUT2D eigenvalue weighted by atomic mass is 10.2. The van der Waals surface area contributed by atoms with E-state index in [0.717, 1.165) is 11.6 Å². The molecule has 7 heteroatoms. The maximum atomic E-state index is 13.6. The summed E-state index contributed by atoms with van der Waals surface area (Å²) < 4.78 is 23.8. The van der Waals surface area contributed by atoms with E-state index in [0.29, 0.717) is 16.5 Å². The third kappa shape index (κ3) is 4.48. The Labute approximate surface area is 149 Å². The van der Waals surface area contributed by atoms with Crippen molar-refractivity contribution in [2.24, 2.45) is 0 Å². The monoisotopic (exact) mass is 365 g/mol. The summed E-state index contributed by atoms with van der Waals surface area (Å²) in [7, 11) is 1.44. The van der Waals surface area contributed by atoms with Crippen LogP contribution in [0.4, 0.5) is 10.1 Å². The third-order valence-corrected chi connectivity index (χ3v) is 3.89. The average molecular weight is 366 g/mol. The van der Waals surface area contributed by atoms with Crippen LogP contribution >= 0.6 is 11.6 Å². The second-order valence-electron chi connectivity index (χ2n) is 5.32. The molecule has 0 bridgehead atoms. The number of aryl methyl sites for hydroxylation is 1. The molecule has 0 aliphatic carbocycles. The number of esters is 1. The molecule has 0 spiro atoms. The van der Waals surface area contributed by atoms with E-state index in [1.807, 2.05) is 0 Å². The Hall–Kier alpha value is -2.60. The van der Waals surface area contributed by atoms with E-state index in [1.165, 1.54) is 32.2 Å². The second-order valence-corrected chi connectivity index (χ2v) is 5.73. The Morgan fingerprint density at radius 1 is 1.24 bits per heavy atom.